The molecular weight excluding hydrogens is 302 g/mol. The van der Waals surface area contributed by atoms with E-state index in [1.807, 2.05) is 0 Å². The van der Waals surface area contributed by atoms with Gasteiger partial charge in [0.1, 0.15) is 0 Å². The summed E-state index contributed by atoms with van der Waals surface area (Å²) in [5.41, 5.74) is 1.20. The highest BCUT2D eigenvalue weighted by Gasteiger charge is 2.18. The lowest BCUT2D eigenvalue weighted by Gasteiger charge is -2.28. The molecule has 2 unspecified atom stereocenters. The van der Waals surface area contributed by atoms with Gasteiger partial charge < -0.3 is 10.1 Å². The number of ether oxygens (including phenoxy) is 1. The zero-order valence-corrected chi connectivity index (χ0v) is 12.6. The molecule has 0 amide bonds. The number of nitrogens with one attached hydrogen (secondary N) is 1. The van der Waals surface area contributed by atoms with Gasteiger partial charge in [-0.15, -0.1) is 0 Å². The second kappa shape index (κ2) is 5.51. The van der Waals surface area contributed by atoms with E-state index < -0.39 is 0 Å². The molecule has 2 nitrogen and oxygen atoms in total. The summed E-state index contributed by atoms with van der Waals surface area (Å²) in [6.07, 6.45) is 2.53. The number of halogens is 1. The Kier molecular flexibility index (Phi) is 3.76. The molecule has 1 heterocycles. The Bertz CT molecular complexity index is 584. The zero-order chi connectivity index (χ0) is 13.2. The van der Waals surface area contributed by atoms with Crippen LogP contribution in [0.3, 0.4) is 0 Å². The van der Waals surface area contributed by atoms with E-state index in [4.69, 9.17) is 4.74 Å². The third kappa shape index (κ3) is 3.10. The molecule has 2 atom stereocenters. The topological polar surface area (TPSA) is 21.3 Å². The molecule has 1 aliphatic heterocycles. The van der Waals surface area contributed by atoms with Gasteiger partial charge in [0.25, 0.3) is 0 Å². The van der Waals surface area contributed by atoms with Crippen LogP contribution in [0.4, 0.5) is 5.69 Å². The number of rotatable bonds is 2. The van der Waals surface area contributed by atoms with Crippen molar-refractivity contribution in [1.82, 2.24) is 0 Å². The number of anilines is 1. The largest absolute Gasteiger partial charge is 0.382 e. The Morgan fingerprint density at radius 1 is 1.16 bits per heavy atom. The first-order valence-electron chi connectivity index (χ1n) is 6.78. The molecule has 2 aromatic rings. The Morgan fingerprint density at radius 3 is 2.79 bits per heavy atom. The van der Waals surface area contributed by atoms with Crippen molar-refractivity contribution in [3.05, 3.63) is 40.9 Å². The molecule has 1 N–H and O–H groups in total. The quantitative estimate of drug-likeness (QED) is 0.874. The smallest absolute Gasteiger partial charge is 0.0566 e. The van der Waals surface area contributed by atoms with Crippen LogP contribution in [0.15, 0.2) is 40.9 Å². The third-order valence-corrected chi connectivity index (χ3v) is 4.15. The van der Waals surface area contributed by atoms with Gasteiger partial charge in [0.05, 0.1) is 6.10 Å². The first-order valence-corrected chi connectivity index (χ1v) is 7.57. The van der Waals surface area contributed by atoms with Crippen molar-refractivity contribution in [3.8, 4) is 0 Å². The zero-order valence-electron chi connectivity index (χ0n) is 11.0. The Balaban J connectivity index is 1.79. The molecule has 2 aromatic carbocycles. The summed E-state index contributed by atoms with van der Waals surface area (Å²) in [6, 6.07) is 13.5. The summed E-state index contributed by atoms with van der Waals surface area (Å²) in [5.74, 6) is 0. The first kappa shape index (κ1) is 12.9. The van der Waals surface area contributed by atoms with Crippen LogP contribution in [0.5, 0.6) is 0 Å². The van der Waals surface area contributed by atoms with Gasteiger partial charge in [0, 0.05) is 22.8 Å². The van der Waals surface area contributed by atoms with E-state index >= 15 is 0 Å². The van der Waals surface area contributed by atoms with Gasteiger partial charge in [-0.05, 0) is 54.8 Å². The van der Waals surface area contributed by atoms with Gasteiger partial charge in [-0.1, -0.05) is 28.1 Å². The van der Waals surface area contributed by atoms with Crippen molar-refractivity contribution >= 4 is 32.4 Å². The van der Waals surface area contributed by atoms with E-state index in [9.17, 15) is 0 Å². The lowest BCUT2D eigenvalue weighted by atomic mass is 10.0. The van der Waals surface area contributed by atoms with E-state index in [0.717, 1.165) is 23.9 Å². The first-order chi connectivity index (χ1) is 9.20. The van der Waals surface area contributed by atoms with Crippen molar-refractivity contribution < 1.29 is 4.74 Å². The minimum atomic E-state index is 0.364. The van der Waals surface area contributed by atoms with Crippen molar-refractivity contribution in [2.24, 2.45) is 0 Å². The molecule has 100 valence electrons. The number of fused-ring (bicyclic) bond motifs is 1. The molecule has 3 heteroatoms. The predicted octanol–water partition coefficient (Wildman–Crippen LogP) is 4.58. The van der Waals surface area contributed by atoms with E-state index in [2.05, 4.69) is 64.6 Å². The van der Waals surface area contributed by atoms with Gasteiger partial charge in [0.15, 0.2) is 0 Å². The summed E-state index contributed by atoms with van der Waals surface area (Å²) in [6.45, 7) is 3.01. The molecule has 0 aromatic heterocycles. The van der Waals surface area contributed by atoms with E-state index in [1.54, 1.807) is 0 Å². The van der Waals surface area contributed by atoms with Crippen LogP contribution in [-0.4, -0.2) is 18.8 Å². The summed E-state index contributed by atoms with van der Waals surface area (Å²) >= 11 is 3.51. The average molecular weight is 320 g/mol. The highest BCUT2D eigenvalue weighted by molar-refractivity contribution is 9.10. The lowest BCUT2D eigenvalue weighted by molar-refractivity contribution is 0.0232. The maximum atomic E-state index is 5.58. The second-order valence-corrected chi connectivity index (χ2v) is 6.17. The van der Waals surface area contributed by atoms with Crippen LogP contribution in [0.25, 0.3) is 10.8 Å². The summed E-state index contributed by atoms with van der Waals surface area (Å²) in [7, 11) is 0. The summed E-state index contributed by atoms with van der Waals surface area (Å²) in [4.78, 5) is 0. The molecule has 1 fully saturated rings. The molecule has 19 heavy (non-hydrogen) atoms. The minimum Gasteiger partial charge on any atom is -0.382 e. The number of benzene rings is 2. The van der Waals surface area contributed by atoms with Gasteiger partial charge >= 0.3 is 0 Å². The van der Waals surface area contributed by atoms with Crippen molar-refractivity contribution in [2.45, 2.75) is 31.9 Å². The fraction of sp³-hybridized carbons (Fsp3) is 0.375. The monoisotopic (exact) mass is 319 g/mol. The lowest BCUT2D eigenvalue weighted by Crippen LogP contribution is -2.32. The van der Waals surface area contributed by atoms with E-state index in [-0.39, 0.29) is 0 Å². The van der Waals surface area contributed by atoms with E-state index in [1.165, 1.54) is 16.5 Å². The molecule has 1 saturated heterocycles. The average Bonchev–Trinajstić information content (AvgIpc) is 2.39. The van der Waals surface area contributed by atoms with Gasteiger partial charge in [0.2, 0.25) is 0 Å². The number of hydrogen-bond acceptors (Lipinski definition) is 2. The Labute approximate surface area is 122 Å². The van der Waals surface area contributed by atoms with Crippen molar-refractivity contribution in [2.75, 3.05) is 11.9 Å². The van der Waals surface area contributed by atoms with Gasteiger partial charge in [-0.2, -0.15) is 0 Å². The Hall–Kier alpha value is -1.06. The fourth-order valence-electron chi connectivity index (χ4n) is 2.67. The predicted molar refractivity (Wildman–Crippen MR) is 83.7 cm³/mol. The maximum absolute atomic E-state index is 5.58. The maximum Gasteiger partial charge on any atom is 0.0566 e. The van der Waals surface area contributed by atoms with Crippen molar-refractivity contribution in [1.29, 1.82) is 0 Å². The van der Waals surface area contributed by atoms with Crippen LogP contribution in [0, 0.1) is 0 Å². The van der Waals surface area contributed by atoms with Gasteiger partial charge in [-0.3, -0.25) is 0 Å². The normalized spacial score (nSPS) is 23.5. The second-order valence-electron chi connectivity index (χ2n) is 5.25. The number of hydrogen-bond donors (Lipinski definition) is 1. The highest BCUT2D eigenvalue weighted by atomic mass is 79.9. The molecule has 0 saturated carbocycles. The summed E-state index contributed by atoms with van der Waals surface area (Å²) in [5, 5.41) is 6.16. The van der Waals surface area contributed by atoms with Crippen LogP contribution in [0.2, 0.25) is 0 Å². The molecule has 0 aliphatic carbocycles. The minimum absolute atomic E-state index is 0.364. The van der Waals surface area contributed by atoms with Crippen LogP contribution >= 0.6 is 15.9 Å². The van der Waals surface area contributed by atoms with Crippen LogP contribution < -0.4 is 5.32 Å². The molecule has 0 radical (unpaired) electrons. The third-order valence-electron chi connectivity index (χ3n) is 3.66. The van der Waals surface area contributed by atoms with Gasteiger partial charge in [-0.25, -0.2) is 0 Å². The van der Waals surface area contributed by atoms with Crippen LogP contribution in [0.1, 0.15) is 19.8 Å². The molecule has 1 aliphatic rings. The van der Waals surface area contributed by atoms with Crippen molar-refractivity contribution in [3.63, 3.8) is 0 Å². The summed E-state index contributed by atoms with van der Waals surface area (Å²) < 4.78 is 6.71. The fourth-order valence-corrected chi connectivity index (χ4v) is 3.05. The highest BCUT2D eigenvalue weighted by Crippen LogP contribution is 2.25. The van der Waals surface area contributed by atoms with Crippen LogP contribution in [-0.2, 0) is 4.74 Å². The molecule has 0 spiro atoms. The molecule has 3 rings (SSSR count). The standard InChI is InChI=1S/C16H18BrNO/c1-11-8-16(6-7-19-11)18-15-5-3-12-9-14(17)4-2-13(12)10-15/h2-5,9-11,16,18H,6-8H2,1H3. The Morgan fingerprint density at radius 2 is 1.95 bits per heavy atom. The molecule has 0 bridgehead atoms. The van der Waals surface area contributed by atoms with E-state index in [0.29, 0.717) is 12.1 Å². The molecular formula is C16H18BrNO. The SMILES string of the molecule is CC1CC(Nc2ccc3cc(Br)ccc3c2)CCO1.